The molecule has 3 aromatic rings. The second-order valence-electron chi connectivity index (χ2n) is 9.82. The number of nitrogens with zero attached hydrogens (tertiary/aromatic N) is 2. The topological polar surface area (TPSA) is 66.0 Å². The molecule has 0 aliphatic carbocycles. The molecule has 0 saturated heterocycles. The smallest absolute Gasteiger partial charge is 0.127 e. The quantitative estimate of drug-likeness (QED) is 0.105. The molecule has 0 N–H and O–H groups in total. The lowest BCUT2D eigenvalue weighted by Crippen LogP contribution is -2.03. The van der Waals surface area contributed by atoms with Crippen LogP contribution in [0.5, 0.6) is 11.5 Å². The molecule has 0 saturated carbocycles. The van der Waals surface area contributed by atoms with E-state index in [0.717, 1.165) is 60.8 Å². The molecule has 0 aliphatic rings. The third kappa shape index (κ3) is 9.48. The molecule has 0 radical (unpaired) electrons. The summed E-state index contributed by atoms with van der Waals surface area (Å²) in [6, 6.07) is 27.9. The van der Waals surface area contributed by atoms with Crippen molar-refractivity contribution in [2.24, 2.45) is 0 Å². The summed E-state index contributed by atoms with van der Waals surface area (Å²) in [7, 11) is 0. The molecular weight excluding hydrogens is 492 g/mol. The van der Waals surface area contributed by atoms with Crippen LogP contribution < -0.4 is 9.47 Å². The Morgan fingerprint density at radius 1 is 0.600 bits per heavy atom. The molecule has 4 heteroatoms. The Bertz CT molecular complexity index is 1220. The van der Waals surface area contributed by atoms with Gasteiger partial charge in [0.2, 0.25) is 0 Å². The van der Waals surface area contributed by atoms with Crippen LogP contribution in [0.15, 0.2) is 72.8 Å². The van der Waals surface area contributed by atoms with Crippen LogP contribution in [0.25, 0.3) is 23.3 Å². The SMILES string of the molecule is CCCCCCOc1cc(/C=C(/C#N)c2ccccc2)c(OCCCCCC)cc1/C=C(/C#N)c1ccccc1. The summed E-state index contributed by atoms with van der Waals surface area (Å²) in [5, 5.41) is 20.0. The number of hydrogen-bond donors (Lipinski definition) is 0. The molecule has 3 aromatic carbocycles. The van der Waals surface area contributed by atoms with Crippen LogP contribution in [0, 0.1) is 22.7 Å². The van der Waals surface area contributed by atoms with Crippen molar-refractivity contribution in [1.82, 2.24) is 0 Å². The number of rotatable bonds is 16. The first-order valence-electron chi connectivity index (χ1n) is 14.5. The van der Waals surface area contributed by atoms with Gasteiger partial charge < -0.3 is 9.47 Å². The predicted molar refractivity (Wildman–Crippen MR) is 166 cm³/mol. The Morgan fingerprint density at radius 3 is 1.35 bits per heavy atom. The summed E-state index contributed by atoms with van der Waals surface area (Å²) >= 11 is 0. The average molecular weight is 533 g/mol. The molecular formula is C36H40N2O2. The zero-order chi connectivity index (χ0) is 28.4. The van der Waals surface area contributed by atoms with E-state index in [0.29, 0.717) is 35.9 Å². The molecule has 3 rings (SSSR count). The Labute approximate surface area is 240 Å². The first-order chi connectivity index (χ1) is 19.7. The van der Waals surface area contributed by atoms with Crippen LogP contribution in [0.1, 0.15) is 87.5 Å². The highest BCUT2D eigenvalue weighted by molar-refractivity contribution is 5.93. The standard InChI is InChI=1S/C36H40N2O2/c1-3-5-7-15-21-39-35-25-32(24-34(28-38)30-19-13-10-14-20-30)36(40-22-16-8-6-4-2)26-31(35)23-33(27-37)29-17-11-9-12-18-29/h9-14,17-20,23-26H,3-8,15-16,21-22H2,1-2H3/b33-23-,34-24-. The maximum atomic E-state index is 9.99. The summed E-state index contributed by atoms with van der Waals surface area (Å²) in [5.74, 6) is 1.35. The van der Waals surface area contributed by atoms with Crippen molar-refractivity contribution < 1.29 is 9.47 Å². The molecule has 0 aliphatic heterocycles. The van der Waals surface area contributed by atoms with Gasteiger partial charge in [-0.1, -0.05) is 113 Å². The number of hydrogen-bond acceptors (Lipinski definition) is 4. The first-order valence-corrected chi connectivity index (χ1v) is 14.5. The van der Waals surface area contributed by atoms with Gasteiger partial charge in [-0.05, 0) is 48.3 Å². The lowest BCUT2D eigenvalue weighted by molar-refractivity contribution is 0.296. The fraction of sp³-hybridized carbons (Fsp3) is 0.333. The molecule has 0 bridgehead atoms. The second kappa shape index (κ2) is 17.3. The van der Waals surface area contributed by atoms with E-state index < -0.39 is 0 Å². The lowest BCUT2D eigenvalue weighted by Gasteiger charge is -2.16. The Kier molecular flexibility index (Phi) is 13.1. The molecule has 206 valence electrons. The van der Waals surface area contributed by atoms with Crippen molar-refractivity contribution in [3.8, 4) is 23.6 Å². The van der Waals surface area contributed by atoms with E-state index in [-0.39, 0.29) is 0 Å². The minimum absolute atomic E-state index is 0.552. The molecule has 0 fully saturated rings. The molecule has 0 aromatic heterocycles. The molecule has 0 amide bonds. The normalized spacial score (nSPS) is 11.5. The largest absolute Gasteiger partial charge is 0.493 e. The van der Waals surface area contributed by atoms with Crippen LogP contribution in [0.4, 0.5) is 0 Å². The number of unbranched alkanes of at least 4 members (excludes halogenated alkanes) is 6. The molecule has 0 heterocycles. The van der Waals surface area contributed by atoms with Gasteiger partial charge in [-0.25, -0.2) is 0 Å². The van der Waals surface area contributed by atoms with Crippen molar-refractivity contribution in [2.45, 2.75) is 65.2 Å². The fourth-order valence-electron chi connectivity index (χ4n) is 4.40. The van der Waals surface area contributed by atoms with Crippen molar-refractivity contribution in [1.29, 1.82) is 10.5 Å². The summed E-state index contributed by atoms with van der Waals surface area (Å²) in [4.78, 5) is 0. The van der Waals surface area contributed by atoms with Crippen LogP contribution in [0.3, 0.4) is 0 Å². The van der Waals surface area contributed by atoms with E-state index in [1.165, 1.54) is 12.8 Å². The van der Waals surface area contributed by atoms with Crippen LogP contribution in [-0.4, -0.2) is 13.2 Å². The van der Waals surface area contributed by atoms with Gasteiger partial charge in [-0.15, -0.1) is 0 Å². The highest BCUT2D eigenvalue weighted by Gasteiger charge is 2.14. The van der Waals surface area contributed by atoms with Gasteiger partial charge >= 0.3 is 0 Å². The summed E-state index contributed by atoms with van der Waals surface area (Å²) in [5.41, 5.74) is 4.37. The zero-order valence-electron chi connectivity index (χ0n) is 23.9. The third-order valence-corrected chi connectivity index (χ3v) is 6.66. The monoisotopic (exact) mass is 532 g/mol. The van der Waals surface area contributed by atoms with Gasteiger partial charge in [0.15, 0.2) is 0 Å². The van der Waals surface area contributed by atoms with Crippen molar-refractivity contribution in [3.05, 3.63) is 95.1 Å². The van der Waals surface area contributed by atoms with Crippen LogP contribution >= 0.6 is 0 Å². The van der Waals surface area contributed by atoms with Crippen molar-refractivity contribution in [3.63, 3.8) is 0 Å². The van der Waals surface area contributed by atoms with E-state index in [1.54, 1.807) is 0 Å². The summed E-state index contributed by atoms with van der Waals surface area (Å²) in [6.45, 7) is 5.54. The lowest BCUT2D eigenvalue weighted by atomic mass is 9.99. The zero-order valence-corrected chi connectivity index (χ0v) is 23.9. The number of allylic oxidation sites excluding steroid dienone is 2. The summed E-state index contributed by atoms with van der Waals surface area (Å²) in [6.07, 6.45) is 12.5. The minimum atomic E-state index is 0.552. The fourth-order valence-corrected chi connectivity index (χ4v) is 4.40. The van der Waals surface area contributed by atoms with Gasteiger partial charge in [0.25, 0.3) is 0 Å². The summed E-state index contributed by atoms with van der Waals surface area (Å²) < 4.78 is 12.6. The Hall–Kier alpha value is -4.28. The van der Waals surface area contributed by atoms with E-state index in [1.807, 2.05) is 84.9 Å². The Morgan fingerprint density at radius 2 is 1.00 bits per heavy atom. The minimum Gasteiger partial charge on any atom is -0.493 e. The molecule has 4 nitrogen and oxygen atoms in total. The first kappa shape index (κ1) is 30.3. The molecule has 0 atom stereocenters. The molecule has 40 heavy (non-hydrogen) atoms. The van der Waals surface area contributed by atoms with E-state index in [9.17, 15) is 10.5 Å². The number of nitriles is 2. The molecule has 0 spiro atoms. The van der Waals surface area contributed by atoms with Gasteiger partial charge in [0, 0.05) is 11.1 Å². The van der Waals surface area contributed by atoms with E-state index in [2.05, 4.69) is 26.0 Å². The highest BCUT2D eigenvalue weighted by atomic mass is 16.5. The van der Waals surface area contributed by atoms with E-state index in [4.69, 9.17) is 9.47 Å². The maximum Gasteiger partial charge on any atom is 0.127 e. The predicted octanol–water partition coefficient (Wildman–Crippen LogP) is 9.73. The number of benzene rings is 3. The van der Waals surface area contributed by atoms with Crippen LogP contribution in [0.2, 0.25) is 0 Å². The van der Waals surface area contributed by atoms with Gasteiger partial charge in [-0.3, -0.25) is 0 Å². The van der Waals surface area contributed by atoms with Gasteiger partial charge in [0.05, 0.1) is 36.5 Å². The average Bonchev–Trinajstić information content (AvgIpc) is 3.00. The van der Waals surface area contributed by atoms with Crippen molar-refractivity contribution in [2.75, 3.05) is 13.2 Å². The van der Waals surface area contributed by atoms with Gasteiger partial charge in [-0.2, -0.15) is 10.5 Å². The Balaban J connectivity index is 2.08. The van der Waals surface area contributed by atoms with Gasteiger partial charge in [0.1, 0.15) is 11.5 Å². The second-order valence-corrected chi connectivity index (χ2v) is 9.82. The van der Waals surface area contributed by atoms with E-state index >= 15 is 0 Å². The number of ether oxygens (including phenoxy) is 2. The highest BCUT2D eigenvalue weighted by Crippen LogP contribution is 2.35. The maximum absolute atomic E-state index is 9.99. The van der Waals surface area contributed by atoms with Crippen molar-refractivity contribution >= 4 is 23.3 Å². The van der Waals surface area contributed by atoms with Crippen LogP contribution in [-0.2, 0) is 0 Å². The molecule has 0 unspecified atom stereocenters. The third-order valence-electron chi connectivity index (χ3n) is 6.66.